The van der Waals surface area contributed by atoms with Gasteiger partial charge in [0.2, 0.25) is 0 Å². The molecule has 0 fully saturated rings. The summed E-state index contributed by atoms with van der Waals surface area (Å²) < 4.78 is 47.3. The summed E-state index contributed by atoms with van der Waals surface area (Å²) in [6, 6.07) is 5.34. The molecule has 0 aromatic heterocycles. The Hall–Kier alpha value is -0.180. The molecule has 1 aliphatic rings. The minimum Gasteiger partial charge on any atom is -0.428 e. The van der Waals surface area contributed by atoms with Gasteiger partial charge in [-0.05, 0) is 12.1 Å². The van der Waals surface area contributed by atoms with Gasteiger partial charge in [0.25, 0.3) is 0 Å². The van der Waals surface area contributed by atoms with Crippen molar-refractivity contribution >= 4 is 20.0 Å². The van der Waals surface area contributed by atoms with Crippen LogP contribution in [0.5, 0.6) is 0 Å². The number of rotatable bonds is 0. The standard InChI is InChI=1S/C6H4NO4S2.Ag/c8-12(9)5-3-1-2-4-6(5)13(10,11)7-12;/h1-4H;/q-1;+1. The van der Waals surface area contributed by atoms with Gasteiger partial charge in [-0.3, -0.25) is 0 Å². The Morgan fingerprint density at radius 1 is 0.857 bits per heavy atom. The number of benzene rings is 1. The zero-order chi connectivity index (χ0) is 9.69. The summed E-state index contributed by atoms with van der Waals surface area (Å²) in [5.41, 5.74) is 0. The molecule has 0 radical (unpaired) electrons. The fourth-order valence-corrected chi connectivity index (χ4v) is 4.54. The first-order chi connectivity index (χ1) is 5.93. The molecule has 0 atom stereocenters. The molecule has 1 heterocycles. The number of sulfonamides is 2. The zero-order valence-electron chi connectivity index (χ0n) is 6.51. The van der Waals surface area contributed by atoms with Crippen molar-refractivity contribution in [1.29, 1.82) is 0 Å². The smallest absolute Gasteiger partial charge is 0.428 e. The first-order valence-corrected chi connectivity index (χ1v) is 6.15. The van der Waals surface area contributed by atoms with Gasteiger partial charge in [-0.15, -0.1) is 0 Å². The summed E-state index contributed by atoms with van der Waals surface area (Å²) in [4.78, 5) is -0.481. The van der Waals surface area contributed by atoms with E-state index in [1.165, 1.54) is 24.3 Å². The number of nitrogens with zero attached hydrogens (tertiary/aromatic N) is 1. The quantitative estimate of drug-likeness (QED) is 0.648. The Labute approximate surface area is 97.1 Å². The molecule has 0 saturated carbocycles. The van der Waals surface area contributed by atoms with Crippen LogP contribution in [-0.2, 0) is 42.4 Å². The van der Waals surface area contributed by atoms with Crippen LogP contribution in [-0.4, -0.2) is 16.8 Å². The fraction of sp³-hybridized carbons (Fsp3) is 0. The molecule has 2 rings (SSSR count). The van der Waals surface area contributed by atoms with E-state index in [-0.39, 0.29) is 32.2 Å². The average Bonchev–Trinajstić information content (AvgIpc) is 2.20. The van der Waals surface area contributed by atoms with Crippen LogP contribution < -0.4 is 0 Å². The first kappa shape index (κ1) is 11.9. The van der Waals surface area contributed by atoms with Crippen LogP contribution in [0.15, 0.2) is 34.1 Å². The maximum Gasteiger partial charge on any atom is 1.00 e. The Balaban J connectivity index is 0.000000980. The minimum atomic E-state index is -3.98. The summed E-state index contributed by atoms with van der Waals surface area (Å²) in [6.45, 7) is 0. The van der Waals surface area contributed by atoms with Crippen LogP contribution in [0, 0.1) is 0 Å². The first-order valence-electron chi connectivity index (χ1n) is 3.27. The summed E-state index contributed by atoms with van der Waals surface area (Å²) in [7, 11) is -7.95. The SMILES string of the molecule is O=S1(=O)[N-]S(=O)(=O)c2ccccc21.[Ag+]. The molecule has 0 saturated heterocycles. The van der Waals surface area contributed by atoms with Gasteiger partial charge in [0.15, 0.2) is 0 Å². The molecule has 5 nitrogen and oxygen atoms in total. The van der Waals surface area contributed by atoms with E-state index < -0.39 is 20.0 Å². The van der Waals surface area contributed by atoms with Crippen LogP contribution in [0.4, 0.5) is 0 Å². The predicted molar refractivity (Wildman–Crippen MR) is 44.2 cm³/mol. The molecule has 0 N–H and O–H groups in total. The molecular weight excluding hydrogens is 322 g/mol. The van der Waals surface area contributed by atoms with Crippen molar-refractivity contribution in [2.45, 2.75) is 9.79 Å². The largest absolute Gasteiger partial charge is 1.00 e. The van der Waals surface area contributed by atoms with Crippen molar-refractivity contribution < 1.29 is 39.2 Å². The van der Waals surface area contributed by atoms with E-state index >= 15 is 0 Å². The molecule has 1 aromatic carbocycles. The molecule has 1 aromatic rings. The third-order valence-electron chi connectivity index (χ3n) is 1.60. The minimum absolute atomic E-state index is 0. The second kappa shape index (κ2) is 3.44. The van der Waals surface area contributed by atoms with E-state index in [4.69, 9.17) is 0 Å². The van der Waals surface area contributed by atoms with E-state index in [0.717, 1.165) is 0 Å². The second-order valence-electron chi connectivity index (χ2n) is 2.47. The normalized spacial score (nSPS) is 20.9. The third-order valence-corrected chi connectivity index (χ3v) is 5.12. The summed E-state index contributed by atoms with van der Waals surface area (Å²) in [6.07, 6.45) is 0. The molecule has 0 bridgehead atoms. The molecule has 0 aliphatic carbocycles. The van der Waals surface area contributed by atoms with Crippen molar-refractivity contribution in [1.82, 2.24) is 0 Å². The van der Waals surface area contributed by atoms with Gasteiger partial charge >= 0.3 is 22.4 Å². The van der Waals surface area contributed by atoms with Gasteiger partial charge in [0, 0.05) is 0 Å². The number of hydrogen-bond acceptors (Lipinski definition) is 4. The predicted octanol–water partition coefficient (Wildman–Crippen LogP) is 0.449. The van der Waals surface area contributed by atoms with Crippen LogP contribution in [0.25, 0.3) is 4.13 Å². The van der Waals surface area contributed by atoms with Crippen LogP contribution in [0.3, 0.4) is 0 Å². The Bertz CT molecular complexity index is 512. The maximum absolute atomic E-state index is 11.1. The molecule has 8 heteroatoms. The van der Waals surface area contributed by atoms with Gasteiger partial charge < -0.3 is 4.13 Å². The molecule has 0 amide bonds. The topological polar surface area (TPSA) is 82.4 Å². The van der Waals surface area contributed by atoms with Gasteiger partial charge in [-0.2, -0.15) is 0 Å². The van der Waals surface area contributed by atoms with Gasteiger partial charge in [-0.1, -0.05) is 12.1 Å². The Morgan fingerprint density at radius 3 is 1.57 bits per heavy atom. The van der Waals surface area contributed by atoms with Gasteiger partial charge in [0.05, 0.1) is 9.79 Å². The Kier molecular flexibility index (Phi) is 2.92. The van der Waals surface area contributed by atoms with E-state index in [2.05, 4.69) is 4.13 Å². The zero-order valence-corrected chi connectivity index (χ0v) is 9.62. The van der Waals surface area contributed by atoms with Crippen molar-refractivity contribution in [3.8, 4) is 0 Å². The molecule has 14 heavy (non-hydrogen) atoms. The average molecular weight is 326 g/mol. The molecular formula is C6H4AgNO4S2. The summed E-state index contributed by atoms with van der Waals surface area (Å²) in [5.74, 6) is 0. The summed E-state index contributed by atoms with van der Waals surface area (Å²) in [5, 5.41) is 0. The van der Waals surface area contributed by atoms with Crippen molar-refractivity contribution in [3.05, 3.63) is 28.4 Å². The number of fused-ring (bicyclic) bond motifs is 1. The van der Waals surface area contributed by atoms with Crippen LogP contribution >= 0.6 is 0 Å². The van der Waals surface area contributed by atoms with E-state index in [1.54, 1.807) is 0 Å². The monoisotopic (exact) mass is 325 g/mol. The van der Waals surface area contributed by atoms with Gasteiger partial charge in [0.1, 0.15) is 20.0 Å². The molecule has 1 aliphatic heterocycles. The molecule has 0 unspecified atom stereocenters. The molecule has 0 spiro atoms. The molecule has 80 valence electrons. The third kappa shape index (κ3) is 1.67. The summed E-state index contributed by atoms with van der Waals surface area (Å²) >= 11 is 0. The second-order valence-corrected chi connectivity index (χ2v) is 5.85. The number of hydrogen-bond donors (Lipinski definition) is 0. The van der Waals surface area contributed by atoms with Crippen LogP contribution in [0.1, 0.15) is 0 Å². The van der Waals surface area contributed by atoms with E-state index in [0.29, 0.717) is 0 Å². The van der Waals surface area contributed by atoms with Crippen molar-refractivity contribution in [2.75, 3.05) is 0 Å². The van der Waals surface area contributed by atoms with Crippen LogP contribution in [0.2, 0.25) is 0 Å². The maximum atomic E-state index is 11.1. The Morgan fingerprint density at radius 2 is 1.21 bits per heavy atom. The van der Waals surface area contributed by atoms with Crippen molar-refractivity contribution in [2.24, 2.45) is 0 Å². The van der Waals surface area contributed by atoms with E-state index in [9.17, 15) is 16.8 Å². The van der Waals surface area contributed by atoms with Gasteiger partial charge in [-0.25, -0.2) is 16.8 Å². The van der Waals surface area contributed by atoms with Crippen molar-refractivity contribution in [3.63, 3.8) is 0 Å². The fourth-order valence-electron chi connectivity index (χ4n) is 1.09. The van der Waals surface area contributed by atoms with E-state index in [1.807, 2.05) is 0 Å².